The van der Waals surface area contributed by atoms with Crippen LogP contribution < -0.4 is 0 Å². The lowest BCUT2D eigenvalue weighted by atomic mass is 9.73. The molecule has 1 aromatic rings. The zero-order valence-electron chi connectivity index (χ0n) is 24.2. The van der Waals surface area contributed by atoms with Crippen molar-refractivity contribution < 1.29 is 24.2 Å². The Morgan fingerprint density at radius 1 is 0.950 bits per heavy atom. The highest BCUT2D eigenvalue weighted by molar-refractivity contribution is 6.00. The molecule has 0 aliphatic carbocycles. The molecule has 4 aliphatic heterocycles. The van der Waals surface area contributed by atoms with Crippen LogP contribution in [0.2, 0.25) is 0 Å². The number of likely N-dealkylation sites (tertiary alicyclic amines) is 1. The molecule has 8 heteroatoms. The maximum absolute atomic E-state index is 14.8. The van der Waals surface area contributed by atoms with Gasteiger partial charge >= 0.3 is 0 Å². The molecule has 40 heavy (non-hydrogen) atoms. The molecule has 5 rings (SSSR count). The lowest BCUT2D eigenvalue weighted by Crippen LogP contribution is -2.58. The summed E-state index contributed by atoms with van der Waals surface area (Å²) in [5, 5.41) is 10.7. The largest absolute Gasteiger partial charge is 0.394 e. The Labute approximate surface area is 237 Å². The van der Waals surface area contributed by atoms with Gasteiger partial charge in [0.15, 0.2) is 0 Å². The zero-order valence-corrected chi connectivity index (χ0v) is 24.2. The van der Waals surface area contributed by atoms with E-state index in [1.165, 1.54) is 0 Å². The van der Waals surface area contributed by atoms with Crippen LogP contribution >= 0.6 is 0 Å². The molecule has 4 aliphatic rings. The average Bonchev–Trinajstić information content (AvgIpc) is 3.25. The Morgan fingerprint density at radius 3 is 2.33 bits per heavy atom. The Morgan fingerprint density at radius 2 is 1.68 bits per heavy atom. The van der Waals surface area contributed by atoms with Crippen molar-refractivity contribution in [3.63, 3.8) is 0 Å². The fourth-order valence-corrected chi connectivity index (χ4v) is 7.57. The van der Waals surface area contributed by atoms with Gasteiger partial charge in [0, 0.05) is 25.7 Å². The van der Waals surface area contributed by atoms with E-state index in [9.17, 15) is 19.5 Å². The number of hydrogen-bond acceptors (Lipinski definition) is 5. The summed E-state index contributed by atoms with van der Waals surface area (Å²) in [5.74, 6) is -2.26. The molecule has 1 N–H and O–H groups in total. The molecule has 2 unspecified atom stereocenters. The maximum Gasteiger partial charge on any atom is 0.249 e. The molecule has 2 fully saturated rings. The SMILES string of the molecule is CCCC(C)N1CC=C[C@]23O[C@@]4(CC)C=CCN(CCC)C(=O)[C@H]4[C@H]2C(=O)N([C@H](CO)c2ccccc2)C3C1=O. The van der Waals surface area contributed by atoms with Gasteiger partial charge < -0.3 is 24.5 Å². The summed E-state index contributed by atoms with van der Waals surface area (Å²) in [6, 6.07) is 7.55. The van der Waals surface area contributed by atoms with Crippen LogP contribution in [0.25, 0.3) is 0 Å². The van der Waals surface area contributed by atoms with Crippen LogP contribution in [0, 0.1) is 11.8 Å². The number of hydrogen-bond donors (Lipinski definition) is 1. The quantitative estimate of drug-likeness (QED) is 0.477. The van der Waals surface area contributed by atoms with E-state index in [1.54, 1.807) is 4.90 Å². The van der Waals surface area contributed by atoms with Gasteiger partial charge in [0.1, 0.15) is 11.6 Å². The maximum atomic E-state index is 14.8. The lowest BCUT2D eigenvalue weighted by molar-refractivity contribution is -0.158. The van der Waals surface area contributed by atoms with Crippen molar-refractivity contribution in [3.05, 3.63) is 60.2 Å². The monoisotopic (exact) mass is 549 g/mol. The third-order valence-electron chi connectivity index (χ3n) is 9.42. The van der Waals surface area contributed by atoms with Crippen LogP contribution in [0.1, 0.15) is 65.0 Å². The number of amides is 3. The number of carbonyl (C=O) groups excluding carboxylic acids is 3. The van der Waals surface area contributed by atoms with E-state index in [2.05, 4.69) is 6.92 Å². The summed E-state index contributed by atoms with van der Waals surface area (Å²) < 4.78 is 7.05. The van der Waals surface area contributed by atoms with E-state index < -0.39 is 35.1 Å². The van der Waals surface area contributed by atoms with E-state index in [4.69, 9.17) is 4.74 Å². The van der Waals surface area contributed by atoms with Gasteiger partial charge in [-0.15, -0.1) is 0 Å². The van der Waals surface area contributed by atoms with Gasteiger partial charge in [-0.25, -0.2) is 0 Å². The highest BCUT2D eigenvalue weighted by Crippen LogP contribution is 2.59. The van der Waals surface area contributed by atoms with Crippen LogP contribution in [-0.2, 0) is 19.1 Å². The number of carbonyl (C=O) groups is 3. The molecule has 216 valence electrons. The lowest BCUT2D eigenvalue weighted by Gasteiger charge is -2.41. The summed E-state index contributed by atoms with van der Waals surface area (Å²) >= 11 is 0. The number of rotatable bonds is 9. The van der Waals surface area contributed by atoms with Gasteiger partial charge in [-0.3, -0.25) is 14.4 Å². The normalized spacial score (nSPS) is 33.0. The number of aliphatic hydroxyl groups is 1. The van der Waals surface area contributed by atoms with Gasteiger partial charge in [-0.1, -0.05) is 81.8 Å². The predicted molar refractivity (Wildman–Crippen MR) is 152 cm³/mol. The third-order valence-corrected chi connectivity index (χ3v) is 9.42. The van der Waals surface area contributed by atoms with Gasteiger partial charge in [-0.05, 0) is 31.7 Å². The molecule has 1 spiro atoms. The van der Waals surface area contributed by atoms with E-state index in [0.717, 1.165) is 24.8 Å². The second-order valence-corrected chi connectivity index (χ2v) is 11.7. The highest BCUT2D eigenvalue weighted by atomic mass is 16.5. The van der Waals surface area contributed by atoms with Crippen molar-refractivity contribution >= 4 is 17.7 Å². The fraction of sp³-hybridized carbons (Fsp3) is 0.594. The number of nitrogens with zero attached hydrogens (tertiary/aromatic N) is 3. The summed E-state index contributed by atoms with van der Waals surface area (Å²) in [5.41, 5.74) is -1.59. The first kappa shape index (κ1) is 28.6. The first-order valence-corrected chi connectivity index (χ1v) is 14.9. The van der Waals surface area contributed by atoms with Crippen molar-refractivity contribution in [2.75, 3.05) is 26.2 Å². The molecule has 0 aromatic heterocycles. The minimum absolute atomic E-state index is 0.0359. The predicted octanol–water partition coefficient (Wildman–Crippen LogP) is 3.48. The molecular formula is C32H43N3O5. The fourth-order valence-electron chi connectivity index (χ4n) is 7.57. The molecular weight excluding hydrogens is 506 g/mol. The number of ether oxygens (including phenoxy) is 1. The van der Waals surface area contributed by atoms with Crippen LogP contribution in [0.4, 0.5) is 0 Å². The molecule has 8 nitrogen and oxygen atoms in total. The van der Waals surface area contributed by atoms with E-state index in [-0.39, 0.29) is 30.4 Å². The standard InChI is InChI=1S/C32H43N3O5/c1-5-13-22(4)34-20-12-17-32-26(25-28(37)33(18-6-2)19-11-16-31(25,7-3)40-32)29(38)35(27(32)30(34)39)24(21-36)23-14-9-8-10-15-23/h8-12,14-17,22,24-27,36H,5-7,13,18-21H2,1-4H3/t22?,24-,25-,26+,27?,31+,32+/m1/s1. The van der Waals surface area contributed by atoms with E-state index in [0.29, 0.717) is 26.1 Å². The van der Waals surface area contributed by atoms with Crippen molar-refractivity contribution in [1.29, 1.82) is 0 Å². The first-order valence-electron chi connectivity index (χ1n) is 14.9. The van der Waals surface area contributed by atoms with E-state index in [1.807, 2.05) is 85.2 Å². The Hall–Kier alpha value is -2.97. The van der Waals surface area contributed by atoms with Crippen LogP contribution in [0.3, 0.4) is 0 Å². The van der Waals surface area contributed by atoms with Crippen molar-refractivity contribution in [3.8, 4) is 0 Å². The van der Waals surface area contributed by atoms with Gasteiger partial charge in [0.25, 0.3) is 0 Å². The van der Waals surface area contributed by atoms with E-state index >= 15 is 0 Å². The van der Waals surface area contributed by atoms with Crippen molar-refractivity contribution in [2.45, 2.75) is 82.7 Å². The molecule has 3 amide bonds. The Balaban J connectivity index is 1.70. The zero-order chi connectivity index (χ0) is 28.7. The highest BCUT2D eigenvalue weighted by Gasteiger charge is 2.76. The molecule has 2 saturated heterocycles. The van der Waals surface area contributed by atoms with Gasteiger partial charge in [0.2, 0.25) is 17.7 Å². The third kappa shape index (κ3) is 4.22. The minimum Gasteiger partial charge on any atom is -0.394 e. The Kier molecular flexibility index (Phi) is 7.94. The summed E-state index contributed by atoms with van der Waals surface area (Å²) in [7, 11) is 0. The molecule has 7 atom stereocenters. The number of aliphatic hydroxyl groups excluding tert-OH is 1. The van der Waals surface area contributed by atoms with Gasteiger partial charge in [0.05, 0.1) is 30.1 Å². The first-order chi connectivity index (χ1) is 19.3. The molecule has 0 radical (unpaired) electrons. The minimum atomic E-state index is -1.33. The summed E-state index contributed by atoms with van der Waals surface area (Å²) in [6.45, 7) is 9.24. The van der Waals surface area contributed by atoms with Crippen LogP contribution in [-0.4, -0.2) is 87.1 Å². The molecule has 1 aromatic carbocycles. The van der Waals surface area contributed by atoms with Crippen LogP contribution in [0.15, 0.2) is 54.6 Å². The molecule has 0 saturated carbocycles. The molecule has 4 heterocycles. The molecule has 0 bridgehead atoms. The number of fused-ring (bicyclic) bond motifs is 2. The van der Waals surface area contributed by atoms with Gasteiger partial charge in [-0.2, -0.15) is 0 Å². The second-order valence-electron chi connectivity index (χ2n) is 11.7. The number of benzene rings is 1. The Bertz CT molecular complexity index is 1180. The summed E-state index contributed by atoms with van der Waals surface area (Å²) in [4.78, 5) is 48.8. The van der Waals surface area contributed by atoms with Crippen LogP contribution in [0.5, 0.6) is 0 Å². The van der Waals surface area contributed by atoms with Crippen molar-refractivity contribution in [2.24, 2.45) is 11.8 Å². The second kappa shape index (κ2) is 11.1. The van der Waals surface area contributed by atoms with Crippen molar-refractivity contribution in [1.82, 2.24) is 14.7 Å². The average molecular weight is 550 g/mol. The smallest absolute Gasteiger partial charge is 0.249 e. The summed E-state index contributed by atoms with van der Waals surface area (Å²) in [6.07, 6.45) is 10.8. The topological polar surface area (TPSA) is 90.4 Å².